The standard InChI is InChI=1S/C21H27N3O4/c1-4-5-6-13-22-21(25)23-16-7-12-20(19(14-16)15(2)3)28-18-10-8-17(9-11-18)24(26)27/h7-12,14-15H,4-6,13H2,1-3H3,(H2,22,23,25). The summed E-state index contributed by atoms with van der Waals surface area (Å²) in [5.74, 6) is 1.34. The molecule has 2 amide bonds. The lowest BCUT2D eigenvalue weighted by molar-refractivity contribution is -0.384. The fraction of sp³-hybridized carbons (Fsp3) is 0.381. The molecule has 2 aromatic carbocycles. The summed E-state index contributed by atoms with van der Waals surface area (Å²) < 4.78 is 5.91. The van der Waals surface area contributed by atoms with Gasteiger partial charge < -0.3 is 15.4 Å². The second-order valence-electron chi connectivity index (χ2n) is 6.85. The monoisotopic (exact) mass is 385 g/mol. The number of non-ortho nitro benzene ring substituents is 1. The Balaban J connectivity index is 2.07. The van der Waals surface area contributed by atoms with E-state index in [1.54, 1.807) is 24.3 Å². The Morgan fingerprint density at radius 1 is 1.14 bits per heavy atom. The fourth-order valence-corrected chi connectivity index (χ4v) is 2.69. The molecule has 0 spiro atoms. The van der Waals surface area contributed by atoms with Gasteiger partial charge in [0.15, 0.2) is 0 Å². The molecular formula is C21H27N3O4. The summed E-state index contributed by atoms with van der Waals surface area (Å²) in [6.45, 7) is 6.84. The van der Waals surface area contributed by atoms with Crippen LogP contribution in [-0.2, 0) is 0 Å². The summed E-state index contributed by atoms with van der Waals surface area (Å²) in [6.07, 6.45) is 3.16. The number of nitrogens with zero attached hydrogens (tertiary/aromatic N) is 1. The van der Waals surface area contributed by atoms with Crippen LogP contribution < -0.4 is 15.4 Å². The molecule has 0 aliphatic carbocycles. The zero-order valence-corrected chi connectivity index (χ0v) is 16.5. The van der Waals surface area contributed by atoms with Gasteiger partial charge in [-0.15, -0.1) is 0 Å². The first-order valence-corrected chi connectivity index (χ1v) is 9.51. The Kier molecular flexibility index (Phi) is 7.80. The third-order valence-corrected chi connectivity index (χ3v) is 4.23. The van der Waals surface area contributed by atoms with Crippen LogP contribution in [-0.4, -0.2) is 17.5 Å². The molecule has 7 nitrogen and oxygen atoms in total. The smallest absolute Gasteiger partial charge is 0.319 e. The molecule has 150 valence electrons. The number of benzene rings is 2. The van der Waals surface area contributed by atoms with E-state index in [1.807, 2.05) is 19.9 Å². The molecule has 0 radical (unpaired) electrons. The van der Waals surface area contributed by atoms with Crippen molar-refractivity contribution in [1.29, 1.82) is 0 Å². The molecule has 0 unspecified atom stereocenters. The fourth-order valence-electron chi connectivity index (χ4n) is 2.69. The molecule has 0 aromatic heterocycles. The third-order valence-electron chi connectivity index (χ3n) is 4.23. The van der Waals surface area contributed by atoms with Gasteiger partial charge in [-0.05, 0) is 48.2 Å². The number of carbonyl (C=O) groups excluding carboxylic acids is 1. The van der Waals surface area contributed by atoms with Crippen LogP contribution in [0.4, 0.5) is 16.2 Å². The van der Waals surface area contributed by atoms with Crippen molar-refractivity contribution >= 4 is 17.4 Å². The van der Waals surface area contributed by atoms with Crippen LogP contribution in [0.15, 0.2) is 42.5 Å². The predicted octanol–water partition coefficient (Wildman–Crippen LogP) is 5.82. The molecule has 2 N–H and O–H groups in total. The van der Waals surface area contributed by atoms with Crippen molar-refractivity contribution in [3.8, 4) is 11.5 Å². The highest BCUT2D eigenvalue weighted by Crippen LogP contribution is 2.33. The van der Waals surface area contributed by atoms with Crippen molar-refractivity contribution in [3.05, 3.63) is 58.1 Å². The Morgan fingerprint density at radius 3 is 2.46 bits per heavy atom. The van der Waals surface area contributed by atoms with Crippen molar-refractivity contribution < 1.29 is 14.5 Å². The van der Waals surface area contributed by atoms with E-state index in [1.165, 1.54) is 12.1 Å². The van der Waals surface area contributed by atoms with Crippen molar-refractivity contribution in [2.24, 2.45) is 0 Å². The molecule has 0 heterocycles. The van der Waals surface area contributed by atoms with Crippen molar-refractivity contribution in [2.75, 3.05) is 11.9 Å². The van der Waals surface area contributed by atoms with Gasteiger partial charge in [-0.1, -0.05) is 33.6 Å². The lowest BCUT2D eigenvalue weighted by Crippen LogP contribution is -2.29. The summed E-state index contributed by atoms with van der Waals surface area (Å²) in [7, 11) is 0. The first-order chi connectivity index (χ1) is 13.4. The topological polar surface area (TPSA) is 93.5 Å². The van der Waals surface area contributed by atoms with Crippen molar-refractivity contribution in [2.45, 2.75) is 46.0 Å². The Hall–Kier alpha value is -3.09. The molecule has 0 atom stereocenters. The minimum absolute atomic E-state index is 0.0148. The number of hydrogen-bond donors (Lipinski definition) is 2. The molecule has 28 heavy (non-hydrogen) atoms. The Morgan fingerprint density at radius 2 is 1.86 bits per heavy atom. The van der Waals surface area contributed by atoms with Gasteiger partial charge in [0, 0.05) is 24.4 Å². The summed E-state index contributed by atoms with van der Waals surface area (Å²) in [5.41, 5.74) is 1.64. The predicted molar refractivity (Wildman–Crippen MR) is 110 cm³/mol. The van der Waals surface area contributed by atoms with E-state index in [2.05, 4.69) is 17.6 Å². The van der Waals surface area contributed by atoms with Gasteiger partial charge in [-0.2, -0.15) is 0 Å². The van der Waals surface area contributed by atoms with Crippen LogP contribution in [0.1, 0.15) is 51.5 Å². The maximum absolute atomic E-state index is 12.0. The van der Waals surface area contributed by atoms with E-state index >= 15 is 0 Å². The number of nitro benzene ring substituents is 1. The van der Waals surface area contributed by atoms with Gasteiger partial charge in [0.25, 0.3) is 5.69 Å². The van der Waals surface area contributed by atoms with Gasteiger partial charge in [0.2, 0.25) is 0 Å². The Bertz CT molecular complexity index is 804. The van der Waals surface area contributed by atoms with E-state index in [0.29, 0.717) is 23.7 Å². The van der Waals surface area contributed by atoms with E-state index in [-0.39, 0.29) is 17.6 Å². The highest BCUT2D eigenvalue weighted by Gasteiger charge is 2.12. The van der Waals surface area contributed by atoms with Gasteiger partial charge in [-0.25, -0.2) is 4.79 Å². The average molecular weight is 385 g/mol. The summed E-state index contributed by atoms with van der Waals surface area (Å²) in [5, 5.41) is 16.5. The van der Waals surface area contributed by atoms with Gasteiger partial charge in [0.05, 0.1) is 4.92 Å². The normalized spacial score (nSPS) is 10.6. The molecule has 0 aliphatic rings. The van der Waals surface area contributed by atoms with E-state index in [0.717, 1.165) is 24.8 Å². The van der Waals surface area contributed by atoms with Crippen LogP contribution >= 0.6 is 0 Å². The molecule has 0 saturated heterocycles. The molecule has 0 bridgehead atoms. The number of carbonyl (C=O) groups is 1. The van der Waals surface area contributed by atoms with Crippen LogP contribution in [0.25, 0.3) is 0 Å². The molecule has 2 aromatic rings. The molecular weight excluding hydrogens is 358 g/mol. The van der Waals surface area contributed by atoms with E-state index in [9.17, 15) is 14.9 Å². The van der Waals surface area contributed by atoms with Crippen LogP contribution in [0.3, 0.4) is 0 Å². The minimum Gasteiger partial charge on any atom is -0.457 e. The number of unbranched alkanes of at least 4 members (excludes halogenated alkanes) is 2. The zero-order valence-electron chi connectivity index (χ0n) is 16.5. The van der Waals surface area contributed by atoms with Gasteiger partial charge >= 0.3 is 6.03 Å². The molecule has 7 heteroatoms. The molecule has 0 aliphatic heterocycles. The molecule has 2 rings (SSSR count). The highest BCUT2D eigenvalue weighted by atomic mass is 16.6. The number of ether oxygens (including phenoxy) is 1. The lowest BCUT2D eigenvalue weighted by atomic mass is 10.0. The summed E-state index contributed by atoms with van der Waals surface area (Å²) in [6, 6.07) is 11.2. The largest absolute Gasteiger partial charge is 0.457 e. The number of rotatable bonds is 9. The van der Waals surface area contributed by atoms with Gasteiger partial charge in [0.1, 0.15) is 11.5 Å². The van der Waals surface area contributed by atoms with Crippen LogP contribution in [0, 0.1) is 10.1 Å². The second-order valence-corrected chi connectivity index (χ2v) is 6.85. The first kappa shape index (κ1) is 21.2. The number of urea groups is 1. The second kappa shape index (κ2) is 10.3. The average Bonchev–Trinajstić information content (AvgIpc) is 2.66. The van der Waals surface area contributed by atoms with Crippen molar-refractivity contribution in [3.63, 3.8) is 0 Å². The van der Waals surface area contributed by atoms with Gasteiger partial charge in [-0.3, -0.25) is 10.1 Å². The number of nitrogens with one attached hydrogen (secondary N) is 2. The van der Waals surface area contributed by atoms with Crippen LogP contribution in [0.2, 0.25) is 0 Å². The molecule has 0 fully saturated rings. The zero-order chi connectivity index (χ0) is 20.5. The number of amides is 2. The van der Waals surface area contributed by atoms with E-state index < -0.39 is 4.92 Å². The summed E-state index contributed by atoms with van der Waals surface area (Å²) >= 11 is 0. The maximum Gasteiger partial charge on any atom is 0.319 e. The van der Waals surface area contributed by atoms with E-state index in [4.69, 9.17) is 4.74 Å². The highest BCUT2D eigenvalue weighted by molar-refractivity contribution is 5.89. The first-order valence-electron chi connectivity index (χ1n) is 9.51. The quantitative estimate of drug-likeness (QED) is 0.323. The number of anilines is 1. The van der Waals surface area contributed by atoms with Crippen molar-refractivity contribution in [1.82, 2.24) is 5.32 Å². The minimum atomic E-state index is -0.447. The SMILES string of the molecule is CCCCCNC(=O)Nc1ccc(Oc2ccc([N+](=O)[O-])cc2)c(C(C)C)c1. The Labute approximate surface area is 165 Å². The number of nitro groups is 1. The van der Waals surface area contributed by atoms with Crippen LogP contribution in [0.5, 0.6) is 11.5 Å². The summed E-state index contributed by atoms with van der Waals surface area (Å²) in [4.78, 5) is 22.3. The molecule has 0 saturated carbocycles. The third kappa shape index (κ3) is 6.26. The number of hydrogen-bond acceptors (Lipinski definition) is 4. The maximum atomic E-state index is 12.0. The lowest BCUT2D eigenvalue weighted by Gasteiger charge is -2.16.